The Hall–Kier alpha value is 0. The molecular formula is C24H42. The molecule has 0 N–H and O–H groups in total. The van der Waals surface area contributed by atoms with Crippen molar-refractivity contribution in [2.75, 3.05) is 0 Å². The third kappa shape index (κ3) is 3.33. The maximum atomic E-state index is 2.47. The van der Waals surface area contributed by atoms with Crippen LogP contribution in [0.2, 0.25) is 0 Å². The van der Waals surface area contributed by atoms with E-state index < -0.39 is 0 Å². The Balaban J connectivity index is 1.39. The smallest absolute Gasteiger partial charge is 0.0380 e. The van der Waals surface area contributed by atoms with Gasteiger partial charge >= 0.3 is 0 Å². The summed E-state index contributed by atoms with van der Waals surface area (Å²) in [4.78, 5) is 0. The summed E-state index contributed by atoms with van der Waals surface area (Å²) in [5.41, 5.74) is 0. The van der Waals surface area contributed by atoms with Gasteiger partial charge in [-0.05, 0) is 123 Å². The van der Waals surface area contributed by atoms with Gasteiger partial charge in [-0.1, -0.05) is 27.7 Å². The fourth-order valence-corrected chi connectivity index (χ4v) is 7.65. The number of hydrogen-bond donors (Lipinski definition) is 0. The van der Waals surface area contributed by atoms with Crippen molar-refractivity contribution in [1.29, 1.82) is 0 Å². The molecule has 4 fully saturated rings. The van der Waals surface area contributed by atoms with Gasteiger partial charge < -0.3 is 0 Å². The molecule has 24 heavy (non-hydrogen) atoms. The van der Waals surface area contributed by atoms with Crippen LogP contribution in [0, 0.1) is 59.2 Å². The van der Waals surface area contributed by atoms with E-state index in [1.807, 2.05) is 0 Å². The van der Waals surface area contributed by atoms with E-state index in [2.05, 4.69) is 27.7 Å². The van der Waals surface area contributed by atoms with Crippen molar-refractivity contribution in [3.8, 4) is 0 Å². The molecule has 0 aliphatic heterocycles. The third-order valence-corrected chi connectivity index (χ3v) is 9.34. The van der Waals surface area contributed by atoms with E-state index in [0.29, 0.717) is 0 Å². The fraction of sp³-hybridized carbons (Fsp3) is 1.00. The van der Waals surface area contributed by atoms with E-state index in [1.165, 1.54) is 12.8 Å². The summed E-state index contributed by atoms with van der Waals surface area (Å²) in [5.74, 6) is 10.6. The molecule has 4 aliphatic carbocycles. The van der Waals surface area contributed by atoms with Gasteiger partial charge in [0.2, 0.25) is 0 Å². The molecule has 0 radical (unpaired) electrons. The third-order valence-electron chi connectivity index (χ3n) is 9.34. The van der Waals surface area contributed by atoms with Crippen LogP contribution in [0.1, 0.15) is 91.9 Å². The largest absolute Gasteiger partial charge is 0.0625 e. The molecule has 8 atom stereocenters. The molecule has 4 saturated carbocycles. The van der Waals surface area contributed by atoms with Crippen LogP contribution >= 0.6 is 0 Å². The van der Waals surface area contributed by atoms with Crippen LogP contribution in [0.15, 0.2) is 0 Å². The van der Waals surface area contributed by atoms with Crippen LogP contribution in [-0.2, 0) is 0 Å². The Bertz CT molecular complexity index is 382. The van der Waals surface area contributed by atoms with Crippen LogP contribution in [-0.4, -0.2) is 0 Å². The Morgan fingerprint density at radius 1 is 0.417 bits per heavy atom. The van der Waals surface area contributed by atoms with E-state index in [-0.39, 0.29) is 0 Å². The van der Waals surface area contributed by atoms with Gasteiger partial charge in [0, 0.05) is 0 Å². The lowest BCUT2D eigenvalue weighted by molar-refractivity contribution is -0.0264. The zero-order valence-electron chi connectivity index (χ0n) is 16.8. The lowest BCUT2D eigenvalue weighted by Gasteiger charge is -2.53. The first-order valence-corrected chi connectivity index (χ1v) is 11.5. The summed E-state index contributed by atoms with van der Waals surface area (Å²) in [6.07, 6.45) is 15.9. The molecule has 0 aromatic carbocycles. The molecule has 8 unspecified atom stereocenters. The molecule has 0 saturated heterocycles. The second kappa shape index (κ2) is 6.96. The molecular weight excluding hydrogens is 288 g/mol. The highest BCUT2D eigenvalue weighted by Gasteiger charge is 2.46. The standard InChI is InChI=1S/C24H42/c1-15(2)17-5-7-19-11-24-14-22-10-18(16(3)4)6-8-20(22)12-23(24)13-21(19)9-17/h15-24H,5-14H2,1-4H3. The molecule has 0 aromatic heterocycles. The monoisotopic (exact) mass is 330 g/mol. The van der Waals surface area contributed by atoms with Crippen LogP contribution in [0.25, 0.3) is 0 Å². The Morgan fingerprint density at radius 2 is 0.750 bits per heavy atom. The molecule has 0 aromatic rings. The average molecular weight is 331 g/mol. The van der Waals surface area contributed by atoms with E-state index >= 15 is 0 Å². The summed E-state index contributed by atoms with van der Waals surface area (Å²) >= 11 is 0. The maximum Gasteiger partial charge on any atom is -0.0380 e. The van der Waals surface area contributed by atoms with Gasteiger partial charge in [-0.15, -0.1) is 0 Å². The number of fused-ring (bicyclic) bond motifs is 3. The normalized spacial score (nSPS) is 48.8. The Kier molecular flexibility index (Phi) is 5.05. The lowest BCUT2D eigenvalue weighted by atomic mass is 9.52. The molecule has 138 valence electrons. The second-order valence-corrected chi connectivity index (χ2v) is 11.1. The fourth-order valence-electron chi connectivity index (χ4n) is 7.65. The van der Waals surface area contributed by atoms with Crippen molar-refractivity contribution in [2.45, 2.75) is 91.9 Å². The highest BCUT2D eigenvalue weighted by molar-refractivity contribution is 4.97. The summed E-state index contributed by atoms with van der Waals surface area (Å²) in [6, 6.07) is 0. The summed E-state index contributed by atoms with van der Waals surface area (Å²) in [6.45, 7) is 9.87. The highest BCUT2D eigenvalue weighted by Crippen LogP contribution is 2.56. The van der Waals surface area contributed by atoms with Crippen molar-refractivity contribution in [2.24, 2.45) is 59.2 Å². The first-order valence-electron chi connectivity index (χ1n) is 11.5. The minimum atomic E-state index is 0.922. The average Bonchev–Trinajstić information content (AvgIpc) is 2.56. The van der Waals surface area contributed by atoms with Gasteiger partial charge in [-0.2, -0.15) is 0 Å². The number of rotatable bonds is 2. The molecule has 0 amide bonds. The molecule has 0 nitrogen and oxygen atoms in total. The summed E-state index contributed by atoms with van der Waals surface area (Å²) < 4.78 is 0. The quantitative estimate of drug-likeness (QED) is 0.503. The van der Waals surface area contributed by atoms with Crippen molar-refractivity contribution >= 4 is 0 Å². The van der Waals surface area contributed by atoms with Gasteiger partial charge in [-0.3, -0.25) is 0 Å². The van der Waals surface area contributed by atoms with Crippen molar-refractivity contribution in [1.82, 2.24) is 0 Å². The Morgan fingerprint density at radius 3 is 1.12 bits per heavy atom. The predicted molar refractivity (Wildman–Crippen MR) is 104 cm³/mol. The van der Waals surface area contributed by atoms with E-state index in [4.69, 9.17) is 0 Å². The van der Waals surface area contributed by atoms with Gasteiger partial charge in [0.1, 0.15) is 0 Å². The summed E-state index contributed by atoms with van der Waals surface area (Å²) in [7, 11) is 0. The van der Waals surface area contributed by atoms with Gasteiger partial charge in [0.25, 0.3) is 0 Å². The first-order chi connectivity index (χ1) is 11.5. The van der Waals surface area contributed by atoms with E-state index in [1.54, 1.807) is 51.4 Å². The zero-order chi connectivity index (χ0) is 16.8. The predicted octanol–water partition coefficient (Wildman–Crippen LogP) is 7.18. The van der Waals surface area contributed by atoms with Crippen molar-refractivity contribution in [3.05, 3.63) is 0 Å². The van der Waals surface area contributed by atoms with Crippen LogP contribution in [0.4, 0.5) is 0 Å². The van der Waals surface area contributed by atoms with E-state index in [0.717, 1.165) is 59.2 Å². The minimum absolute atomic E-state index is 0.922. The first kappa shape index (κ1) is 17.4. The van der Waals surface area contributed by atoms with Gasteiger partial charge in [0.05, 0.1) is 0 Å². The molecule has 4 aliphatic rings. The van der Waals surface area contributed by atoms with Gasteiger partial charge in [-0.25, -0.2) is 0 Å². The molecule has 0 heterocycles. The molecule has 0 heteroatoms. The maximum absolute atomic E-state index is 2.47. The second-order valence-electron chi connectivity index (χ2n) is 11.1. The van der Waals surface area contributed by atoms with Gasteiger partial charge in [0.15, 0.2) is 0 Å². The van der Waals surface area contributed by atoms with Crippen molar-refractivity contribution in [3.63, 3.8) is 0 Å². The highest BCUT2D eigenvalue weighted by atomic mass is 14.5. The molecule has 0 bridgehead atoms. The topological polar surface area (TPSA) is 0 Å². The van der Waals surface area contributed by atoms with Crippen LogP contribution < -0.4 is 0 Å². The summed E-state index contributed by atoms with van der Waals surface area (Å²) in [5, 5.41) is 0. The zero-order valence-corrected chi connectivity index (χ0v) is 16.8. The van der Waals surface area contributed by atoms with E-state index in [9.17, 15) is 0 Å². The van der Waals surface area contributed by atoms with Crippen LogP contribution in [0.3, 0.4) is 0 Å². The Labute approximate surface area is 151 Å². The SMILES string of the molecule is CC(C)C1CCC2CC3CC4CC(C(C)C)CCC4CC3CC2C1. The van der Waals surface area contributed by atoms with Crippen molar-refractivity contribution < 1.29 is 0 Å². The lowest BCUT2D eigenvalue weighted by Crippen LogP contribution is -2.43. The van der Waals surface area contributed by atoms with Crippen LogP contribution in [0.5, 0.6) is 0 Å². The number of hydrogen-bond acceptors (Lipinski definition) is 0. The minimum Gasteiger partial charge on any atom is -0.0625 e. The molecule has 0 spiro atoms. The molecule has 4 rings (SSSR count).